The lowest BCUT2D eigenvalue weighted by Gasteiger charge is -2.17. The highest BCUT2D eigenvalue weighted by atomic mass is 32.2. The molecule has 2 aliphatic carbocycles. The van der Waals surface area contributed by atoms with Gasteiger partial charge in [0.25, 0.3) is 0 Å². The first-order valence-electron chi connectivity index (χ1n) is 6.66. The molecule has 21 heavy (non-hydrogen) atoms. The number of hydrogen-bond acceptors (Lipinski definition) is 4. The van der Waals surface area contributed by atoms with Crippen LogP contribution in [0.25, 0.3) is 0 Å². The lowest BCUT2D eigenvalue weighted by molar-refractivity contribution is 0.393. The van der Waals surface area contributed by atoms with Crippen LogP contribution in [0.2, 0.25) is 0 Å². The Morgan fingerprint density at radius 3 is 1.52 bits per heavy atom. The summed E-state index contributed by atoms with van der Waals surface area (Å²) in [7, 11) is -3.92. The van der Waals surface area contributed by atoms with E-state index in [0.717, 1.165) is 11.1 Å². The van der Waals surface area contributed by atoms with Crippen LogP contribution < -0.4 is 0 Å². The topological polar surface area (TPSA) is 74.6 Å². The molecule has 0 aliphatic heterocycles. The summed E-state index contributed by atoms with van der Waals surface area (Å²) in [6, 6.07) is 0. The van der Waals surface area contributed by atoms with E-state index in [2.05, 4.69) is 0 Å². The summed E-state index contributed by atoms with van der Waals surface area (Å²) < 4.78 is 25.1. The van der Waals surface area contributed by atoms with Gasteiger partial charge in [0.15, 0.2) is 0 Å². The number of allylic oxidation sites excluding steroid dienone is 8. The molecule has 0 aromatic heterocycles. The zero-order chi connectivity index (χ0) is 15.6. The summed E-state index contributed by atoms with van der Waals surface area (Å²) in [6.45, 7) is 3.65. The quantitative estimate of drug-likeness (QED) is 0.814. The van der Waals surface area contributed by atoms with Crippen LogP contribution >= 0.6 is 0 Å². The first-order chi connectivity index (χ1) is 9.90. The third kappa shape index (κ3) is 2.88. The van der Waals surface area contributed by atoms with E-state index in [1.54, 1.807) is 12.2 Å². The molecule has 0 bridgehead atoms. The first-order valence-corrected chi connectivity index (χ1v) is 8.14. The molecular formula is C16H18O4S. The second kappa shape index (κ2) is 5.77. The molecule has 0 atom stereocenters. The van der Waals surface area contributed by atoms with Gasteiger partial charge >= 0.3 is 0 Å². The molecule has 2 N–H and O–H groups in total. The largest absolute Gasteiger partial charge is 0.511 e. The van der Waals surface area contributed by atoms with Crippen LogP contribution in [0.3, 0.4) is 0 Å². The Kier molecular flexibility index (Phi) is 4.23. The average molecular weight is 306 g/mol. The summed E-state index contributed by atoms with van der Waals surface area (Å²) in [5, 5.41) is 20.0. The fourth-order valence-corrected chi connectivity index (χ4v) is 3.74. The van der Waals surface area contributed by atoms with Gasteiger partial charge in [-0.2, -0.15) is 0 Å². The Hall–Kier alpha value is -2.01. The van der Waals surface area contributed by atoms with Crippen molar-refractivity contribution in [2.45, 2.75) is 26.7 Å². The van der Waals surface area contributed by atoms with Crippen molar-refractivity contribution in [3.63, 3.8) is 0 Å². The monoisotopic (exact) mass is 306 g/mol. The van der Waals surface area contributed by atoms with E-state index in [1.165, 1.54) is 12.2 Å². The Morgan fingerprint density at radius 1 is 0.857 bits per heavy atom. The van der Waals surface area contributed by atoms with E-state index < -0.39 is 9.84 Å². The van der Waals surface area contributed by atoms with Gasteiger partial charge in [0, 0.05) is 12.8 Å². The summed E-state index contributed by atoms with van der Waals surface area (Å²) in [5.74, 6) is -0.396. The van der Waals surface area contributed by atoms with E-state index in [0.29, 0.717) is 0 Å². The molecule has 0 saturated carbocycles. The van der Waals surface area contributed by atoms with Crippen molar-refractivity contribution in [3.8, 4) is 0 Å². The van der Waals surface area contributed by atoms with Crippen molar-refractivity contribution in [1.82, 2.24) is 0 Å². The van der Waals surface area contributed by atoms with Gasteiger partial charge < -0.3 is 10.2 Å². The van der Waals surface area contributed by atoms with Crippen LogP contribution in [0.4, 0.5) is 0 Å². The maximum atomic E-state index is 12.6. The molecule has 0 heterocycles. The van der Waals surface area contributed by atoms with Crippen molar-refractivity contribution in [3.05, 3.63) is 68.9 Å². The lowest BCUT2D eigenvalue weighted by atomic mass is 10.1. The minimum Gasteiger partial charge on any atom is -0.511 e. The number of sulfone groups is 1. The number of aliphatic hydroxyl groups is 2. The maximum Gasteiger partial charge on any atom is 0.213 e. The molecule has 0 fully saturated rings. The molecule has 0 aromatic rings. The fourth-order valence-electron chi connectivity index (χ4n) is 2.24. The molecule has 0 unspecified atom stereocenters. The highest BCUT2D eigenvalue weighted by Gasteiger charge is 2.29. The van der Waals surface area contributed by atoms with E-state index >= 15 is 0 Å². The second-order valence-corrected chi connectivity index (χ2v) is 6.76. The zero-order valence-electron chi connectivity index (χ0n) is 12.0. The molecule has 0 saturated heterocycles. The molecule has 2 aliphatic rings. The van der Waals surface area contributed by atoms with Gasteiger partial charge in [0.2, 0.25) is 9.84 Å². The predicted molar refractivity (Wildman–Crippen MR) is 83.3 cm³/mol. The van der Waals surface area contributed by atoms with Crippen LogP contribution in [0.1, 0.15) is 26.7 Å². The summed E-state index contributed by atoms with van der Waals surface area (Å²) in [5.41, 5.74) is 1.69. The van der Waals surface area contributed by atoms with Crippen LogP contribution in [-0.2, 0) is 9.84 Å². The van der Waals surface area contributed by atoms with Crippen LogP contribution in [0.5, 0.6) is 0 Å². The van der Waals surface area contributed by atoms with Crippen LogP contribution in [0.15, 0.2) is 68.9 Å². The Labute approximate surface area is 124 Å². The van der Waals surface area contributed by atoms with Crippen molar-refractivity contribution < 1.29 is 18.6 Å². The smallest absolute Gasteiger partial charge is 0.213 e. The van der Waals surface area contributed by atoms with Crippen molar-refractivity contribution in [2.24, 2.45) is 0 Å². The summed E-state index contributed by atoms with van der Waals surface area (Å²) >= 11 is 0. The number of hydrogen-bond donors (Lipinski definition) is 2. The molecule has 0 aromatic carbocycles. The molecule has 112 valence electrons. The van der Waals surface area contributed by atoms with Crippen molar-refractivity contribution in [1.29, 1.82) is 0 Å². The molecule has 0 amide bonds. The highest BCUT2D eigenvalue weighted by molar-refractivity contribution is 7.99. The van der Waals surface area contributed by atoms with Gasteiger partial charge in [0.1, 0.15) is 21.3 Å². The SMILES string of the molecule is CC=C1C=CC(S(=O)(=O)C2=C(O)CC(=CC)C=C2)=C(O)C1. The third-order valence-electron chi connectivity index (χ3n) is 3.53. The number of rotatable bonds is 2. The third-order valence-corrected chi connectivity index (χ3v) is 5.43. The van der Waals surface area contributed by atoms with E-state index in [1.807, 2.05) is 26.0 Å². The molecule has 2 rings (SSSR count). The number of aliphatic hydroxyl groups excluding tert-OH is 2. The van der Waals surface area contributed by atoms with E-state index in [4.69, 9.17) is 0 Å². The zero-order valence-corrected chi connectivity index (χ0v) is 12.8. The highest BCUT2D eigenvalue weighted by Crippen LogP contribution is 2.33. The fraction of sp³-hybridized carbons (Fsp3) is 0.250. The normalized spacial score (nSPS) is 23.5. The average Bonchev–Trinajstić information content (AvgIpc) is 2.46. The van der Waals surface area contributed by atoms with Crippen LogP contribution in [-0.4, -0.2) is 18.6 Å². The first kappa shape index (κ1) is 15.4. The Morgan fingerprint density at radius 2 is 1.24 bits per heavy atom. The van der Waals surface area contributed by atoms with E-state index in [9.17, 15) is 18.6 Å². The second-order valence-electron chi connectivity index (χ2n) is 4.87. The Bertz CT molecular complexity index is 683. The van der Waals surface area contributed by atoms with Gasteiger partial charge in [-0.1, -0.05) is 24.3 Å². The summed E-state index contributed by atoms with van der Waals surface area (Å²) in [6.07, 6.45) is 10.1. The van der Waals surface area contributed by atoms with Crippen molar-refractivity contribution in [2.75, 3.05) is 0 Å². The van der Waals surface area contributed by atoms with Gasteiger partial charge in [-0.25, -0.2) is 8.42 Å². The molecule has 5 heteroatoms. The standard InChI is InChI=1S/C16H18O4S/c1-3-11-5-7-15(13(17)9-11)21(19,20)16-8-6-12(4-2)10-14(16)18/h3-8,17-18H,9-10H2,1-2H3. The predicted octanol–water partition coefficient (Wildman–Crippen LogP) is 3.75. The van der Waals surface area contributed by atoms with Gasteiger partial charge in [-0.15, -0.1) is 0 Å². The van der Waals surface area contributed by atoms with Gasteiger partial charge in [-0.05, 0) is 37.1 Å². The molecular weight excluding hydrogens is 288 g/mol. The van der Waals surface area contributed by atoms with Gasteiger partial charge in [-0.3, -0.25) is 0 Å². The van der Waals surface area contributed by atoms with Gasteiger partial charge in [0.05, 0.1) is 0 Å². The van der Waals surface area contributed by atoms with E-state index in [-0.39, 0.29) is 34.2 Å². The Balaban J connectivity index is 2.46. The van der Waals surface area contributed by atoms with Crippen LogP contribution in [0, 0.1) is 0 Å². The van der Waals surface area contributed by atoms with Crippen molar-refractivity contribution >= 4 is 9.84 Å². The molecule has 0 spiro atoms. The minimum atomic E-state index is -3.92. The molecule has 4 nitrogen and oxygen atoms in total. The maximum absolute atomic E-state index is 12.6. The summed E-state index contributed by atoms with van der Waals surface area (Å²) in [4.78, 5) is -0.300. The minimum absolute atomic E-state index is 0.150. The molecule has 0 radical (unpaired) electrons. The lowest BCUT2D eigenvalue weighted by Crippen LogP contribution is -2.13.